The molecule has 0 saturated heterocycles. The first-order valence-electron chi connectivity index (χ1n) is 11.7. The van der Waals surface area contributed by atoms with Gasteiger partial charge in [-0.25, -0.2) is 13.6 Å². The van der Waals surface area contributed by atoms with Gasteiger partial charge in [0.25, 0.3) is 0 Å². The van der Waals surface area contributed by atoms with E-state index < -0.39 is 23.4 Å². The summed E-state index contributed by atoms with van der Waals surface area (Å²) >= 11 is 0. The molecule has 0 spiro atoms. The van der Waals surface area contributed by atoms with Crippen molar-refractivity contribution in [3.63, 3.8) is 0 Å². The summed E-state index contributed by atoms with van der Waals surface area (Å²) in [5.41, 5.74) is 1.47. The van der Waals surface area contributed by atoms with E-state index in [2.05, 4.69) is 20.5 Å². The molecule has 0 atom stereocenters. The Hall–Kier alpha value is -4.55. The molecule has 0 unspecified atom stereocenters. The molecule has 2 amide bonds. The Balaban J connectivity index is 1.89. The Labute approximate surface area is 217 Å². The summed E-state index contributed by atoms with van der Waals surface area (Å²) in [6.45, 7) is 3.09. The zero-order valence-electron chi connectivity index (χ0n) is 21.6. The van der Waals surface area contributed by atoms with E-state index in [1.165, 1.54) is 25.3 Å². The van der Waals surface area contributed by atoms with Gasteiger partial charge in [0, 0.05) is 48.8 Å². The van der Waals surface area contributed by atoms with Crippen LogP contribution in [0.15, 0.2) is 28.9 Å². The van der Waals surface area contributed by atoms with Crippen molar-refractivity contribution >= 4 is 28.7 Å². The number of urea groups is 1. The van der Waals surface area contributed by atoms with Crippen LogP contribution < -0.4 is 24.6 Å². The largest absolute Gasteiger partial charge is 0.493 e. The van der Waals surface area contributed by atoms with E-state index in [1.54, 1.807) is 26.2 Å². The predicted molar refractivity (Wildman–Crippen MR) is 136 cm³/mol. The van der Waals surface area contributed by atoms with E-state index in [4.69, 9.17) is 19.3 Å². The molecule has 3 aromatic rings. The monoisotopic (exact) mass is 527 g/mol. The zero-order chi connectivity index (χ0) is 27.6. The lowest BCUT2D eigenvalue weighted by molar-refractivity contribution is 0.248. The molecule has 11 nitrogen and oxygen atoms in total. The number of pyridine rings is 1. The SMILES string of the molecule is CCc1nnc(CN2C(=O)N(c3c(F)c(OC)cc(OC)c3F)Cc3cnc(/C(=C/NC)C(C)=N)cc32)o1. The van der Waals surface area contributed by atoms with Crippen molar-refractivity contribution < 1.29 is 27.5 Å². The van der Waals surface area contributed by atoms with E-state index in [9.17, 15) is 4.79 Å². The number of carbonyl (C=O) groups excluding carboxylic acids is 1. The normalized spacial score (nSPS) is 13.4. The third kappa shape index (κ3) is 4.74. The molecule has 1 aromatic carbocycles. The number of carbonyl (C=O) groups is 1. The number of aromatic nitrogens is 3. The van der Waals surface area contributed by atoms with Gasteiger partial charge in [0.15, 0.2) is 23.1 Å². The molecule has 0 bridgehead atoms. The zero-order valence-corrected chi connectivity index (χ0v) is 21.6. The van der Waals surface area contributed by atoms with Gasteiger partial charge in [-0.15, -0.1) is 10.2 Å². The lowest BCUT2D eigenvalue weighted by Gasteiger charge is -2.37. The number of halogens is 2. The van der Waals surface area contributed by atoms with Crippen molar-refractivity contribution in [2.45, 2.75) is 33.4 Å². The number of ether oxygens (including phenoxy) is 2. The van der Waals surface area contributed by atoms with Crippen LogP contribution in [0.5, 0.6) is 11.5 Å². The summed E-state index contributed by atoms with van der Waals surface area (Å²) in [6.07, 6.45) is 3.62. The van der Waals surface area contributed by atoms with E-state index in [-0.39, 0.29) is 36.2 Å². The summed E-state index contributed by atoms with van der Waals surface area (Å²) in [7, 11) is 4.15. The molecule has 200 valence electrons. The Morgan fingerprint density at radius 3 is 2.39 bits per heavy atom. The average molecular weight is 528 g/mol. The van der Waals surface area contributed by atoms with Crippen molar-refractivity contribution in [2.24, 2.45) is 0 Å². The summed E-state index contributed by atoms with van der Waals surface area (Å²) in [5, 5.41) is 19.0. The first kappa shape index (κ1) is 26.5. The Bertz CT molecular complexity index is 1390. The minimum absolute atomic E-state index is 0.139. The third-order valence-electron chi connectivity index (χ3n) is 5.94. The molecule has 3 heterocycles. The fourth-order valence-electron chi connectivity index (χ4n) is 4.07. The summed E-state index contributed by atoms with van der Waals surface area (Å²) in [6, 6.07) is 1.97. The smallest absolute Gasteiger partial charge is 0.329 e. The van der Waals surface area contributed by atoms with Crippen LogP contribution in [0.25, 0.3) is 5.57 Å². The van der Waals surface area contributed by atoms with Gasteiger partial charge in [0.1, 0.15) is 12.2 Å². The number of benzene rings is 1. The number of allylic oxidation sites excluding steroid dienone is 1. The molecule has 0 saturated carbocycles. The lowest BCUT2D eigenvalue weighted by atomic mass is 10.0. The van der Waals surface area contributed by atoms with Crippen LogP contribution in [0.3, 0.4) is 0 Å². The molecule has 0 aliphatic carbocycles. The van der Waals surface area contributed by atoms with E-state index in [1.807, 2.05) is 6.92 Å². The number of fused-ring (bicyclic) bond motifs is 1. The average Bonchev–Trinajstić information content (AvgIpc) is 3.37. The molecule has 0 radical (unpaired) electrons. The van der Waals surface area contributed by atoms with Gasteiger partial charge in [-0.1, -0.05) is 6.92 Å². The fraction of sp³-hybridized carbons (Fsp3) is 0.320. The number of amides is 2. The molecule has 2 N–H and O–H groups in total. The van der Waals surface area contributed by atoms with Crippen LogP contribution in [-0.2, 0) is 19.5 Å². The number of aryl methyl sites for hydroxylation is 1. The first-order chi connectivity index (χ1) is 18.2. The molecule has 38 heavy (non-hydrogen) atoms. The number of nitrogens with one attached hydrogen (secondary N) is 2. The minimum Gasteiger partial charge on any atom is -0.493 e. The van der Waals surface area contributed by atoms with Crippen LogP contribution in [0.4, 0.5) is 25.0 Å². The van der Waals surface area contributed by atoms with Gasteiger partial charge in [-0.2, -0.15) is 0 Å². The second-order valence-corrected chi connectivity index (χ2v) is 8.33. The minimum atomic E-state index is -1.06. The third-order valence-corrected chi connectivity index (χ3v) is 5.94. The molecule has 4 rings (SSSR count). The summed E-state index contributed by atoms with van der Waals surface area (Å²) in [4.78, 5) is 20.5. The second-order valence-electron chi connectivity index (χ2n) is 8.33. The Morgan fingerprint density at radius 1 is 1.18 bits per heavy atom. The second kappa shape index (κ2) is 10.8. The van der Waals surface area contributed by atoms with Crippen molar-refractivity contribution in [3.05, 3.63) is 59.2 Å². The van der Waals surface area contributed by atoms with Crippen molar-refractivity contribution in [2.75, 3.05) is 31.1 Å². The molecular weight excluding hydrogens is 500 g/mol. The molecule has 1 aliphatic heterocycles. The molecular formula is C25H27F2N7O4. The van der Waals surface area contributed by atoms with Crippen LogP contribution >= 0.6 is 0 Å². The number of methoxy groups -OCH3 is 2. The maximum absolute atomic E-state index is 15.4. The van der Waals surface area contributed by atoms with Gasteiger partial charge in [-0.3, -0.25) is 14.8 Å². The van der Waals surface area contributed by atoms with Crippen molar-refractivity contribution in [3.8, 4) is 11.5 Å². The maximum Gasteiger partial charge on any atom is 0.329 e. The van der Waals surface area contributed by atoms with E-state index in [0.29, 0.717) is 34.8 Å². The van der Waals surface area contributed by atoms with Crippen LogP contribution in [-0.4, -0.2) is 48.2 Å². The number of hydrogen-bond donors (Lipinski definition) is 2. The van der Waals surface area contributed by atoms with Crippen LogP contribution in [0.2, 0.25) is 0 Å². The summed E-state index contributed by atoms with van der Waals surface area (Å²) < 4.78 is 46.5. The highest BCUT2D eigenvalue weighted by molar-refractivity contribution is 6.20. The highest BCUT2D eigenvalue weighted by Gasteiger charge is 2.37. The number of anilines is 2. The van der Waals surface area contributed by atoms with Gasteiger partial charge in [-0.05, 0) is 13.0 Å². The lowest BCUT2D eigenvalue weighted by Crippen LogP contribution is -2.48. The Kier molecular flexibility index (Phi) is 7.55. The molecule has 13 heteroatoms. The number of hydrogen-bond acceptors (Lipinski definition) is 9. The van der Waals surface area contributed by atoms with E-state index >= 15 is 8.78 Å². The van der Waals surface area contributed by atoms with Crippen molar-refractivity contribution in [1.82, 2.24) is 20.5 Å². The number of nitrogens with zero attached hydrogens (tertiary/aromatic N) is 5. The van der Waals surface area contributed by atoms with Crippen LogP contribution in [0.1, 0.15) is 36.9 Å². The standard InChI is InChI=1S/C25H27F2N7O4/c1-6-20-31-32-21(38-20)12-33-17-7-16(15(10-29-3)13(2)28)30-9-14(17)11-34(25(33)35)24-22(26)18(36-4)8-19(37-5)23(24)27/h7-10,28-29H,6,11-12H2,1-5H3/b15-10+,28-13?. The quantitative estimate of drug-likeness (QED) is 0.399. The maximum atomic E-state index is 15.4. The van der Waals surface area contributed by atoms with Crippen molar-refractivity contribution in [1.29, 1.82) is 5.41 Å². The highest BCUT2D eigenvalue weighted by Crippen LogP contribution is 2.41. The first-order valence-corrected chi connectivity index (χ1v) is 11.7. The van der Waals surface area contributed by atoms with Gasteiger partial charge in [0.05, 0.1) is 32.1 Å². The molecule has 1 aliphatic rings. The van der Waals surface area contributed by atoms with Gasteiger partial charge < -0.3 is 24.6 Å². The number of rotatable bonds is 9. The molecule has 2 aromatic heterocycles. The topological polar surface area (TPSA) is 130 Å². The Morgan fingerprint density at radius 2 is 1.84 bits per heavy atom. The van der Waals surface area contributed by atoms with Gasteiger partial charge in [0.2, 0.25) is 11.8 Å². The summed E-state index contributed by atoms with van der Waals surface area (Å²) in [5.74, 6) is -2.17. The van der Waals surface area contributed by atoms with Crippen LogP contribution in [0, 0.1) is 17.0 Å². The highest BCUT2D eigenvalue weighted by atomic mass is 19.1. The van der Waals surface area contributed by atoms with Gasteiger partial charge >= 0.3 is 6.03 Å². The predicted octanol–water partition coefficient (Wildman–Crippen LogP) is 4.07. The fourth-order valence-corrected chi connectivity index (χ4v) is 4.07. The van der Waals surface area contributed by atoms with E-state index in [0.717, 1.165) is 11.0 Å². The molecule has 0 fully saturated rings.